The van der Waals surface area contributed by atoms with Crippen LogP contribution in [0.5, 0.6) is 5.75 Å². The average molecular weight is 421 g/mol. The molecule has 1 aliphatic rings. The Bertz CT molecular complexity index is 897. The van der Waals surface area contributed by atoms with E-state index in [4.69, 9.17) is 9.72 Å². The van der Waals surface area contributed by atoms with Gasteiger partial charge in [0.25, 0.3) is 0 Å². The highest BCUT2D eigenvalue weighted by atomic mass is 35.5. The zero-order chi connectivity index (χ0) is 17.9. The zero-order valence-electron chi connectivity index (χ0n) is 16.2. The van der Waals surface area contributed by atoms with E-state index in [2.05, 4.69) is 46.0 Å². The minimum absolute atomic E-state index is 0. The van der Waals surface area contributed by atoms with E-state index in [0.717, 1.165) is 66.5 Å². The topological polar surface area (TPSA) is 41.5 Å². The first-order valence-electron chi connectivity index (χ1n) is 9.16. The lowest BCUT2D eigenvalue weighted by Gasteiger charge is -2.35. The summed E-state index contributed by atoms with van der Waals surface area (Å²) in [7, 11) is 1.68. The Morgan fingerprint density at radius 1 is 1.00 bits per heavy atom. The molecule has 0 saturated carbocycles. The molecular weight excluding hydrogens is 395 g/mol. The maximum Gasteiger partial charge on any atom is 0.138 e. The van der Waals surface area contributed by atoms with Crippen molar-refractivity contribution >= 4 is 41.5 Å². The van der Waals surface area contributed by atoms with Crippen molar-refractivity contribution in [1.82, 2.24) is 14.9 Å². The van der Waals surface area contributed by atoms with E-state index in [1.807, 2.05) is 24.4 Å². The van der Waals surface area contributed by atoms with E-state index in [9.17, 15) is 0 Å². The van der Waals surface area contributed by atoms with E-state index in [1.165, 1.54) is 0 Å². The predicted molar refractivity (Wildman–Crippen MR) is 120 cm³/mol. The number of ether oxygens (including phenoxy) is 1. The van der Waals surface area contributed by atoms with Gasteiger partial charge in [0.2, 0.25) is 0 Å². The minimum Gasteiger partial charge on any atom is -0.497 e. The fourth-order valence-electron chi connectivity index (χ4n) is 3.48. The Balaban J connectivity index is 0.00000140. The number of methoxy groups -OCH3 is 1. The lowest BCUT2D eigenvalue weighted by Crippen LogP contribution is -2.46. The Labute approximate surface area is 178 Å². The largest absolute Gasteiger partial charge is 0.497 e. The summed E-state index contributed by atoms with van der Waals surface area (Å²) in [6.07, 6.45) is 1.85. The fourth-order valence-corrected chi connectivity index (χ4v) is 3.48. The van der Waals surface area contributed by atoms with Gasteiger partial charge in [-0.1, -0.05) is 6.92 Å². The molecule has 1 aliphatic heterocycles. The molecule has 1 fully saturated rings. The molecule has 4 rings (SSSR count). The lowest BCUT2D eigenvalue weighted by atomic mass is 10.1. The van der Waals surface area contributed by atoms with Crippen molar-refractivity contribution in [1.29, 1.82) is 0 Å². The molecule has 3 aromatic rings. The molecule has 28 heavy (non-hydrogen) atoms. The van der Waals surface area contributed by atoms with Gasteiger partial charge in [0.05, 0.1) is 18.3 Å². The second-order valence-electron chi connectivity index (χ2n) is 6.55. The standard InChI is InChI=1S/C21H24N4O.2ClH/c1-3-24-11-13-25(14-12-24)21-18-5-4-10-22-20(18)15-19(23-21)16-6-8-17(26-2)9-7-16;;/h4-10,15H,3,11-14H2,1-2H3;2*1H. The molecule has 7 heteroatoms. The summed E-state index contributed by atoms with van der Waals surface area (Å²) < 4.78 is 5.27. The van der Waals surface area contributed by atoms with Crippen molar-refractivity contribution in [2.45, 2.75) is 6.92 Å². The highest BCUT2D eigenvalue weighted by molar-refractivity contribution is 5.92. The van der Waals surface area contributed by atoms with Crippen LogP contribution in [0.25, 0.3) is 22.2 Å². The number of piperazine rings is 1. The third-order valence-corrected chi connectivity index (χ3v) is 5.08. The first-order valence-corrected chi connectivity index (χ1v) is 9.16. The Morgan fingerprint density at radius 2 is 1.71 bits per heavy atom. The molecule has 0 radical (unpaired) electrons. The molecule has 0 aliphatic carbocycles. The number of fused-ring (bicyclic) bond motifs is 1. The molecule has 0 amide bonds. The molecule has 1 aromatic carbocycles. The molecule has 0 unspecified atom stereocenters. The van der Waals surface area contributed by atoms with E-state index in [-0.39, 0.29) is 24.8 Å². The fraction of sp³-hybridized carbons (Fsp3) is 0.333. The van der Waals surface area contributed by atoms with Gasteiger partial charge in [-0.25, -0.2) is 4.98 Å². The molecule has 5 nitrogen and oxygen atoms in total. The van der Waals surface area contributed by atoms with Crippen molar-refractivity contribution in [2.24, 2.45) is 0 Å². The number of benzene rings is 1. The first kappa shape index (κ1) is 22.2. The second kappa shape index (κ2) is 9.92. The van der Waals surface area contributed by atoms with Gasteiger partial charge in [0, 0.05) is 43.3 Å². The van der Waals surface area contributed by atoms with Crippen LogP contribution in [0.3, 0.4) is 0 Å². The van der Waals surface area contributed by atoms with Crippen molar-refractivity contribution in [3.63, 3.8) is 0 Å². The van der Waals surface area contributed by atoms with Gasteiger partial charge in [-0.3, -0.25) is 4.98 Å². The van der Waals surface area contributed by atoms with Crippen molar-refractivity contribution in [2.75, 3.05) is 44.7 Å². The highest BCUT2D eigenvalue weighted by Crippen LogP contribution is 2.30. The Kier molecular flexibility index (Phi) is 7.87. The van der Waals surface area contributed by atoms with E-state index >= 15 is 0 Å². The SMILES string of the molecule is CCN1CCN(c2nc(-c3ccc(OC)cc3)cc3ncccc23)CC1.Cl.Cl. The van der Waals surface area contributed by atoms with Crippen molar-refractivity contribution in [3.8, 4) is 17.0 Å². The van der Waals surface area contributed by atoms with Crippen LogP contribution in [0.1, 0.15) is 6.92 Å². The molecule has 0 spiro atoms. The summed E-state index contributed by atoms with van der Waals surface area (Å²) in [4.78, 5) is 14.5. The summed E-state index contributed by atoms with van der Waals surface area (Å²) in [5.41, 5.74) is 3.01. The number of aromatic nitrogens is 2. The van der Waals surface area contributed by atoms with Gasteiger partial charge in [-0.15, -0.1) is 24.8 Å². The second-order valence-corrected chi connectivity index (χ2v) is 6.55. The summed E-state index contributed by atoms with van der Waals surface area (Å²) in [5, 5.41) is 1.12. The van der Waals surface area contributed by atoms with Crippen molar-refractivity contribution in [3.05, 3.63) is 48.7 Å². The van der Waals surface area contributed by atoms with E-state index in [1.54, 1.807) is 7.11 Å². The monoisotopic (exact) mass is 420 g/mol. The Hall–Kier alpha value is -2.08. The Morgan fingerprint density at radius 3 is 2.36 bits per heavy atom. The number of likely N-dealkylation sites (N-methyl/N-ethyl adjacent to an activating group) is 1. The van der Waals surface area contributed by atoms with Crippen LogP contribution < -0.4 is 9.64 Å². The van der Waals surface area contributed by atoms with Crippen LogP contribution >= 0.6 is 24.8 Å². The van der Waals surface area contributed by atoms with Crippen LogP contribution in [-0.4, -0.2) is 54.7 Å². The maximum atomic E-state index is 5.27. The zero-order valence-corrected chi connectivity index (χ0v) is 17.8. The number of nitrogens with zero attached hydrogens (tertiary/aromatic N) is 4. The van der Waals surface area contributed by atoms with Gasteiger partial charge in [-0.05, 0) is 49.0 Å². The summed E-state index contributed by atoms with van der Waals surface area (Å²) >= 11 is 0. The summed E-state index contributed by atoms with van der Waals surface area (Å²) in [5.74, 6) is 1.89. The number of rotatable bonds is 4. The number of hydrogen-bond acceptors (Lipinski definition) is 5. The van der Waals surface area contributed by atoms with Gasteiger partial charge in [0.15, 0.2) is 0 Å². The third kappa shape index (κ3) is 4.49. The molecule has 150 valence electrons. The molecule has 2 aromatic heterocycles. The molecule has 3 heterocycles. The van der Waals surface area contributed by atoms with Gasteiger partial charge in [0.1, 0.15) is 11.6 Å². The van der Waals surface area contributed by atoms with Gasteiger partial charge < -0.3 is 14.5 Å². The van der Waals surface area contributed by atoms with Gasteiger partial charge >= 0.3 is 0 Å². The van der Waals surface area contributed by atoms with Crippen LogP contribution in [0.2, 0.25) is 0 Å². The van der Waals surface area contributed by atoms with Crippen LogP contribution in [0.4, 0.5) is 5.82 Å². The van der Waals surface area contributed by atoms with Crippen LogP contribution in [0.15, 0.2) is 48.7 Å². The smallest absolute Gasteiger partial charge is 0.138 e. The molecule has 1 saturated heterocycles. The van der Waals surface area contributed by atoms with Crippen molar-refractivity contribution < 1.29 is 4.74 Å². The number of hydrogen-bond donors (Lipinski definition) is 0. The lowest BCUT2D eigenvalue weighted by molar-refractivity contribution is 0.271. The van der Waals surface area contributed by atoms with E-state index in [0.29, 0.717) is 0 Å². The summed E-state index contributed by atoms with van der Waals surface area (Å²) in [6.45, 7) is 7.47. The average Bonchev–Trinajstić information content (AvgIpc) is 2.73. The van der Waals surface area contributed by atoms with Crippen LogP contribution in [-0.2, 0) is 0 Å². The van der Waals surface area contributed by atoms with Gasteiger partial charge in [-0.2, -0.15) is 0 Å². The normalized spacial score (nSPS) is 14.3. The first-order chi connectivity index (χ1) is 12.8. The van der Waals surface area contributed by atoms with Crippen LogP contribution in [0, 0.1) is 0 Å². The number of halogens is 2. The molecule has 0 N–H and O–H groups in total. The quantitative estimate of drug-likeness (QED) is 0.629. The third-order valence-electron chi connectivity index (χ3n) is 5.08. The number of anilines is 1. The predicted octanol–water partition coefficient (Wildman–Crippen LogP) is 4.29. The number of pyridine rings is 2. The summed E-state index contributed by atoms with van der Waals surface area (Å²) in [6, 6.07) is 14.2. The molecular formula is C21H26Cl2N4O. The van der Waals surface area contributed by atoms with E-state index < -0.39 is 0 Å². The molecule has 0 bridgehead atoms. The minimum atomic E-state index is 0. The molecule has 0 atom stereocenters. The maximum absolute atomic E-state index is 5.27. The highest BCUT2D eigenvalue weighted by Gasteiger charge is 2.20.